The molecule has 2 heterocycles. The van der Waals surface area contributed by atoms with Gasteiger partial charge in [0.2, 0.25) is 0 Å². The number of ether oxygens (including phenoxy) is 1. The first-order chi connectivity index (χ1) is 14.0. The molecule has 160 valence electrons. The minimum atomic E-state index is -4.65. The maximum absolute atomic E-state index is 13.8. The number of carbonyl (C=O) groups excluding carboxylic acids is 2. The molecule has 0 N–H and O–H groups in total. The number of aryl methyl sites for hydroxylation is 2. The SMILES string of the molecule is CCc1cc(N(C)C(=O)C2COC(=O)N2c2cc(C(F)(F)F)cc(C)n2)ccc1F. The zero-order valence-electron chi connectivity index (χ0n) is 16.5. The fourth-order valence-corrected chi connectivity index (χ4v) is 3.19. The number of rotatable bonds is 4. The van der Waals surface area contributed by atoms with Crippen molar-refractivity contribution in [3.8, 4) is 0 Å². The molecule has 0 radical (unpaired) electrons. The van der Waals surface area contributed by atoms with Crippen LogP contribution in [-0.2, 0) is 22.1 Å². The van der Waals surface area contributed by atoms with Gasteiger partial charge in [0.1, 0.15) is 18.2 Å². The number of likely N-dealkylation sites (N-methyl/N-ethyl adjacent to an activating group) is 1. The highest BCUT2D eigenvalue weighted by atomic mass is 19.4. The van der Waals surface area contributed by atoms with E-state index in [0.29, 0.717) is 23.7 Å². The first-order valence-electron chi connectivity index (χ1n) is 9.10. The van der Waals surface area contributed by atoms with E-state index in [1.807, 2.05) is 0 Å². The van der Waals surface area contributed by atoms with Crippen molar-refractivity contribution in [1.29, 1.82) is 0 Å². The standard InChI is InChI=1S/C20H19F4N3O3/c1-4-12-8-14(5-6-15(12)21)26(3)18(28)16-10-30-19(29)27(16)17-9-13(20(22,23)24)7-11(2)25-17/h5-9,16H,4,10H2,1-3H3. The van der Waals surface area contributed by atoms with Crippen LogP contribution in [0.5, 0.6) is 0 Å². The molecule has 30 heavy (non-hydrogen) atoms. The number of carbonyl (C=O) groups is 2. The van der Waals surface area contributed by atoms with Gasteiger partial charge in [-0.2, -0.15) is 13.2 Å². The fourth-order valence-electron chi connectivity index (χ4n) is 3.19. The van der Waals surface area contributed by atoms with E-state index in [1.54, 1.807) is 6.92 Å². The summed E-state index contributed by atoms with van der Waals surface area (Å²) in [6.07, 6.45) is -5.21. The second kappa shape index (κ2) is 7.92. The van der Waals surface area contributed by atoms with Gasteiger partial charge in [-0.15, -0.1) is 0 Å². The lowest BCUT2D eigenvalue weighted by Crippen LogP contribution is -2.47. The smallest absolute Gasteiger partial charge is 0.416 e. The van der Waals surface area contributed by atoms with Crippen molar-refractivity contribution in [1.82, 2.24) is 4.98 Å². The lowest BCUT2D eigenvalue weighted by Gasteiger charge is -2.26. The lowest BCUT2D eigenvalue weighted by molar-refractivity contribution is -0.137. The summed E-state index contributed by atoms with van der Waals surface area (Å²) in [5.41, 5.74) is -0.177. The molecule has 1 unspecified atom stereocenters. The van der Waals surface area contributed by atoms with Crippen molar-refractivity contribution >= 4 is 23.5 Å². The zero-order valence-corrected chi connectivity index (χ0v) is 16.5. The summed E-state index contributed by atoms with van der Waals surface area (Å²) in [5, 5.41) is 0. The molecule has 10 heteroatoms. The maximum atomic E-state index is 13.8. The Morgan fingerprint density at radius 3 is 2.63 bits per heavy atom. The number of amides is 2. The normalized spacial score (nSPS) is 16.6. The summed E-state index contributed by atoms with van der Waals surface area (Å²) in [4.78, 5) is 31.3. The Kier molecular flexibility index (Phi) is 5.69. The molecule has 1 atom stereocenters. The number of aromatic nitrogens is 1. The quantitative estimate of drug-likeness (QED) is 0.692. The Morgan fingerprint density at radius 1 is 1.30 bits per heavy atom. The maximum Gasteiger partial charge on any atom is 0.416 e. The van der Waals surface area contributed by atoms with Crippen molar-refractivity contribution in [2.24, 2.45) is 0 Å². The van der Waals surface area contributed by atoms with E-state index in [0.717, 1.165) is 11.0 Å². The van der Waals surface area contributed by atoms with Crippen LogP contribution in [0.25, 0.3) is 0 Å². The van der Waals surface area contributed by atoms with E-state index in [2.05, 4.69) is 4.98 Å². The average Bonchev–Trinajstić information content (AvgIpc) is 3.07. The van der Waals surface area contributed by atoms with Gasteiger partial charge in [-0.1, -0.05) is 6.92 Å². The van der Waals surface area contributed by atoms with E-state index in [9.17, 15) is 27.2 Å². The van der Waals surface area contributed by atoms with Crippen LogP contribution in [0.2, 0.25) is 0 Å². The second-order valence-corrected chi connectivity index (χ2v) is 6.84. The largest absolute Gasteiger partial charge is 0.446 e. The molecule has 1 aliphatic rings. The lowest BCUT2D eigenvalue weighted by atomic mass is 10.1. The molecule has 1 fully saturated rings. The summed E-state index contributed by atoms with van der Waals surface area (Å²) < 4.78 is 58.2. The summed E-state index contributed by atoms with van der Waals surface area (Å²) in [6, 6.07) is 4.46. The van der Waals surface area contributed by atoms with Crippen molar-refractivity contribution in [2.45, 2.75) is 32.5 Å². The molecule has 1 saturated heterocycles. The van der Waals surface area contributed by atoms with E-state index in [-0.39, 0.29) is 18.1 Å². The Hall–Kier alpha value is -3.17. The molecule has 1 aromatic carbocycles. The van der Waals surface area contributed by atoms with Crippen LogP contribution in [0.1, 0.15) is 23.7 Å². The third-order valence-corrected chi connectivity index (χ3v) is 4.80. The molecular weight excluding hydrogens is 406 g/mol. The predicted molar refractivity (Wildman–Crippen MR) is 101 cm³/mol. The van der Waals surface area contributed by atoms with Gasteiger partial charge in [-0.3, -0.25) is 4.79 Å². The number of nitrogens with zero attached hydrogens (tertiary/aromatic N) is 3. The molecule has 0 spiro atoms. The molecule has 1 aromatic heterocycles. The van der Waals surface area contributed by atoms with Gasteiger partial charge < -0.3 is 9.64 Å². The molecule has 0 aliphatic carbocycles. The minimum absolute atomic E-state index is 0.0326. The van der Waals surface area contributed by atoms with E-state index >= 15 is 0 Å². The Labute approximate surface area is 170 Å². The summed E-state index contributed by atoms with van der Waals surface area (Å²) in [6.45, 7) is 2.77. The topological polar surface area (TPSA) is 62.7 Å². The molecule has 2 amide bonds. The highest BCUT2D eigenvalue weighted by Gasteiger charge is 2.43. The molecule has 3 rings (SSSR count). The Balaban J connectivity index is 1.95. The van der Waals surface area contributed by atoms with Gasteiger partial charge in [-0.05, 0) is 49.2 Å². The van der Waals surface area contributed by atoms with Gasteiger partial charge in [0, 0.05) is 18.4 Å². The third kappa shape index (κ3) is 4.07. The summed E-state index contributed by atoms with van der Waals surface area (Å²) in [7, 11) is 1.43. The number of hydrogen-bond acceptors (Lipinski definition) is 4. The zero-order chi connectivity index (χ0) is 22.2. The molecule has 1 aliphatic heterocycles. The molecule has 0 saturated carbocycles. The van der Waals surface area contributed by atoms with Gasteiger partial charge in [0.05, 0.1) is 5.56 Å². The minimum Gasteiger partial charge on any atom is -0.446 e. The first kappa shape index (κ1) is 21.5. The summed E-state index contributed by atoms with van der Waals surface area (Å²) >= 11 is 0. The van der Waals surface area contributed by atoms with Crippen molar-refractivity contribution in [3.05, 3.63) is 53.0 Å². The van der Waals surface area contributed by atoms with Crippen LogP contribution in [0.3, 0.4) is 0 Å². The van der Waals surface area contributed by atoms with Crippen LogP contribution in [0.15, 0.2) is 30.3 Å². The van der Waals surface area contributed by atoms with Gasteiger partial charge in [0.25, 0.3) is 5.91 Å². The number of hydrogen-bond donors (Lipinski definition) is 0. The molecule has 6 nitrogen and oxygen atoms in total. The highest BCUT2D eigenvalue weighted by molar-refractivity contribution is 6.05. The number of anilines is 2. The second-order valence-electron chi connectivity index (χ2n) is 6.84. The van der Waals surface area contributed by atoms with Gasteiger partial charge in [-0.25, -0.2) is 19.1 Å². The number of cyclic esters (lactones) is 1. The van der Waals surface area contributed by atoms with Crippen molar-refractivity contribution in [2.75, 3.05) is 23.5 Å². The molecule has 0 bridgehead atoms. The monoisotopic (exact) mass is 425 g/mol. The van der Waals surface area contributed by atoms with Crippen LogP contribution < -0.4 is 9.80 Å². The van der Waals surface area contributed by atoms with Crippen molar-refractivity contribution < 1.29 is 31.9 Å². The molecular formula is C20H19F4N3O3. The fraction of sp³-hybridized carbons (Fsp3) is 0.350. The van der Waals surface area contributed by atoms with Crippen LogP contribution >= 0.6 is 0 Å². The Bertz CT molecular complexity index is 994. The third-order valence-electron chi connectivity index (χ3n) is 4.80. The van der Waals surface area contributed by atoms with E-state index in [4.69, 9.17) is 4.74 Å². The molecule has 2 aromatic rings. The van der Waals surface area contributed by atoms with E-state index < -0.39 is 35.6 Å². The number of pyridine rings is 1. The van der Waals surface area contributed by atoms with E-state index in [1.165, 1.54) is 37.1 Å². The van der Waals surface area contributed by atoms with Gasteiger partial charge >= 0.3 is 12.3 Å². The van der Waals surface area contributed by atoms with Crippen molar-refractivity contribution in [3.63, 3.8) is 0 Å². The van der Waals surface area contributed by atoms with Crippen LogP contribution in [0.4, 0.5) is 33.9 Å². The van der Waals surface area contributed by atoms with Crippen LogP contribution in [0, 0.1) is 12.7 Å². The predicted octanol–water partition coefficient (Wildman–Crippen LogP) is 4.10. The number of benzene rings is 1. The Morgan fingerprint density at radius 2 is 2.00 bits per heavy atom. The highest BCUT2D eigenvalue weighted by Crippen LogP contribution is 2.33. The number of halogens is 4. The average molecular weight is 425 g/mol. The summed E-state index contributed by atoms with van der Waals surface area (Å²) in [5.74, 6) is -1.34. The van der Waals surface area contributed by atoms with Gasteiger partial charge in [0.15, 0.2) is 6.04 Å². The van der Waals surface area contributed by atoms with Crippen LogP contribution in [-0.4, -0.2) is 36.7 Å². The number of alkyl halides is 3. The first-order valence-corrected chi connectivity index (χ1v) is 9.10.